The summed E-state index contributed by atoms with van der Waals surface area (Å²) in [6, 6.07) is 16.0. The van der Waals surface area contributed by atoms with Gasteiger partial charge in [0, 0.05) is 24.7 Å². The molecule has 1 aliphatic rings. The molecule has 7 heteroatoms. The van der Waals surface area contributed by atoms with Gasteiger partial charge in [-0.05, 0) is 24.5 Å². The van der Waals surface area contributed by atoms with Crippen LogP contribution in [0.2, 0.25) is 0 Å². The average molecular weight is 412 g/mol. The Morgan fingerprint density at radius 2 is 1.77 bits per heavy atom. The van der Waals surface area contributed by atoms with Crippen LogP contribution in [-0.2, 0) is 16.1 Å². The third-order valence-corrected chi connectivity index (χ3v) is 5.51. The number of rotatable bonds is 9. The standard InChI is InChI=1S/C23H29N3O4/c24-19(15-23(27)30-17-18-9-3-1-4-10-18)16-25(20-11-5-2-6-12-20)21-13-7-8-14-22(21)26(28)29/h1,3-4,7-10,13-14,19-20H,2,5-6,11-12,15-17,24H2/t19-/m0/s1. The Morgan fingerprint density at radius 1 is 1.10 bits per heavy atom. The number of nitro benzene ring substituents is 1. The monoisotopic (exact) mass is 411 g/mol. The molecule has 3 rings (SSSR count). The molecule has 0 saturated heterocycles. The molecule has 0 radical (unpaired) electrons. The average Bonchev–Trinajstić information content (AvgIpc) is 2.77. The molecular weight excluding hydrogens is 382 g/mol. The number of hydrogen-bond acceptors (Lipinski definition) is 6. The number of carbonyl (C=O) groups is 1. The molecule has 1 atom stereocenters. The number of esters is 1. The molecule has 1 aliphatic carbocycles. The van der Waals surface area contributed by atoms with Crippen molar-refractivity contribution in [3.05, 3.63) is 70.3 Å². The van der Waals surface area contributed by atoms with Crippen LogP contribution in [-0.4, -0.2) is 29.5 Å². The molecule has 30 heavy (non-hydrogen) atoms. The number of nitro groups is 1. The quantitative estimate of drug-likeness (QED) is 0.377. The number of carbonyl (C=O) groups excluding carboxylic acids is 1. The molecule has 0 amide bonds. The highest BCUT2D eigenvalue weighted by atomic mass is 16.6. The zero-order valence-corrected chi connectivity index (χ0v) is 17.1. The molecule has 2 aromatic rings. The number of nitrogens with two attached hydrogens (primary N) is 1. The Balaban J connectivity index is 1.66. The smallest absolute Gasteiger partial charge is 0.307 e. The second-order valence-electron chi connectivity index (χ2n) is 7.80. The predicted molar refractivity (Wildman–Crippen MR) is 116 cm³/mol. The fourth-order valence-corrected chi connectivity index (χ4v) is 4.03. The summed E-state index contributed by atoms with van der Waals surface area (Å²) in [6.07, 6.45) is 5.37. The Hall–Kier alpha value is -2.93. The van der Waals surface area contributed by atoms with Crippen molar-refractivity contribution in [3.63, 3.8) is 0 Å². The fraction of sp³-hybridized carbons (Fsp3) is 0.435. The van der Waals surface area contributed by atoms with Crippen LogP contribution in [0.15, 0.2) is 54.6 Å². The number of para-hydroxylation sites is 2. The van der Waals surface area contributed by atoms with E-state index in [-0.39, 0.29) is 35.6 Å². The van der Waals surface area contributed by atoms with Crippen molar-refractivity contribution in [2.75, 3.05) is 11.4 Å². The van der Waals surface area contributed by atoms with Gasteiger partial charge < -0.3 is 15.4 Å². The molecule has 1 fully saturated rings. The topological polar surface area (TPSA) is 98.7 Å². The van der Waals surface area contributed by atoms with E-state index in [9.17, 15) is 14.9 Å². The summed E-state index contributed by atoms with van der Waals surface area (Å²) in [5, 5.41) is 11.6. The lowest BCUT2D eigenvalue weighted by Crippen LogP contribution is -2.45. The van der Waals surface area contributed by atoms with Crippen molar-refractivity contribution in [1.29, 1.82) is 0 Å². The van der Waals surface area contributed by atoms with Gasteiger partial charge in [0.05, 0.1) is 11.3 Å². The van der Waals surface area contributed by atoms with Crippen molar-refractivity contribution in [2.24, 2.45) is 5.73 Å². The van der Waals surface area contributed by atoms with Gasteiger partial charge in [-0.1, -0.05) is 61.7 Å². The summed E-state index contributed by atoms with van der Waals surface area (Å²) in [7, 11) is 0. The highest BCUT2D eigenvalue weighted by Gasteiger charge is 2.28. The van der Waals surface area contributed by atoms with Crippen molar-refractivity contribution in [2.45, 2.75) is 57.2 Å². The van der Waals surface area contributed by atoms with Gasteiger partial charge in [-0.2, -0.15) is 0 Å². The first-order valence-corrected chi connectivity index (χ1v) is 10.5. The van der Waals surface area contributed by atoms with E-state index in [0.717, 1.165) is 31.2 Å². The van der Waals surface area contributed by atoms with Crippen molar-refractivity contribution in [3.8, 4) is 0 Å². The van der Waals surface area contributed by atoms with E-state index in [4.69, 9.17) is 10.5 Å². The van der Waals surface area contributed by atoms with E-state index >= 15 is 0 Å². The van der Waals surface area contributed by atoms with Gasteiger partial charge >= 0.3 is 5.97 Å². The van der Waals surface area contributed by atoms with Gasteiger partial charge in [0.25, 0.3) is 5.69 Å². The summed E-state index contributed by atoms with van der Waals surface area (Å²) in [4.78, 5) is 25.5. The van der Waals surface area contributed by atoms with Crippen molar-refractivity contribution in [1.82, 2.24) is 0 Å². The Labute approximate surface area is 177 Å². The lowest BCUT2D eigenvalue weighted by Gasteiger charge is -2.37. The Morgan fingerprint density at radius 3 is 2.47 bits per heavy atom. The highest BCUT2D eigenvalue weighted by Crippen LogP contribution is 2.33. The number of nitrogens with zero attached hydrogens (tertiary/aromatic N) is 2. The normalized spacial score (nSPS) is 15.4. The molecule has 0 heterocycles. The van der Waals surface area contributed by atoms with E-state index in [2.05, 4.69) is 0 Å². The molecule has 160 valence electrons. The van der Waals surface area contributed by atoms with E-state index < -0.39 is 6.04 Å². The summed E-state index contributed by atoms with van der Waals surface area (Å²) >= 11 is 0. The fourth-order valence-electron chi connectivity index (χ4n) is 4.03. The van der Waals surface area contributed by atoms with Crippen LogP contribution in [0.4, 0.5) is 11.4 Å². The molecule has 7 nitrogen and oxygen atoms in total. The summed E-state index contributed by atoms with van der Waals surface area (Å²) in [6.45, 7) is 0.582. The van der Waals surface area contributed by atoms with E-state index in [1.807, 2.05) is 35.2 Å². The molecule has 0 bridgehead atoms. The maximum atomic E-state index is 12.3. The molecule has 2 N–H and O–H groups in total. The number of ether oxygens (including phenoxy) is 1. The zero-order valence-electron chi connectivity index (χ0n) is 17.1. The second-order valence-corrected chi connectivity index (χ2v) is 7.80. The van der Waals surface area contributed by atoms with Gasteiger partial charge in [0.2, 0.25) is 0 Å². The molecule has 0 aromatic heterocycles. The van der Waals surface area contributed by atoms with Crippen molar-refractivity contribution >= 4 is 17.3 Å². The highest BCUT2D eigenvalue weighted by molar-refractivity contribution is 5.70. The Kier molecular flexibility index (Phi) is 7.79. The SMILES string of the molecule is N[C@@H](CC(=O)OCc1ccccc1)CN(c1ccccc1[N+](=O)[O-])C1CCCCC1. The minimum atomic E-state index is -0.477. The van der Waals surface area contributed by atoms with Crippen LogP contribution in [0.25, 0.3) is 0 Å². The zero-order chi connectivity index (χ0) is 21.3. The molecule has 1 saturated carbocycles. The lowest BCUT2D eigenvalue weighted by molar-refractivity contribution is -0.384. The minimum Gasteiger partial charge on any atom is -0.461 e. The van der Waals surface area contributed by atoms with E-state index in [1.165, 1.54) is 12.5 Å². The van der Waals surface area contributed by atoms with Crippen LogP contribution in [0.3, 0.4) is 0 Å². The molecule has 0 unspecified atom stereocenters. The minimum absolute atomic E-state index is 0.0662. The summed E-state index contributed by atoms with van der Waals surface area (Å²) in [5.74, 6) is -0.363. The molecular formula is C23H29N3O4. The number of benzene rings is 2. The largest absolute Gasteiger partial charge is 0.461 e. The van der Waals surface area contributed by atoms with Crippen molar-refractivity contribution < 1.29 is 14.5 Å². The first kappa shape index (κ1) is 21.8. The first-order chi connectivity index (χ1) is 14.5. The van der Waals surface area contributed by atoms with Crippen LogP contribution >= 0.6 is 0 Å². The number of anilines is 1. The molecule has 0 aliphatic heterocycles. The van der Waals surface area contributed by atoms with Crippen LogP contribution in [0.5, 0.6) is 0 Å². The third-order valence-electron chi connectivity index (χ3n) is 5.51. The van der Waals surface area contributed by atoms with Gasteiger partial charge in [0.1, 0.15) is 12.3 Å². The maximum absolute atomic E-state index is 12.3. The Bertz CT molecular complexity index is 837. The van der Waals surface area contributed by atoms with Crippen LogP contribution < -0.4 is 10.6 Å². The second kappa shape index (κ2) is 10.7. The summed E-state index contributed by atoms with van der Waals surface area (Å²) < 4.78 is 5.35. The van der Waals surface area contributed by atoms with E-state index in [0.29, 0.717) is 12.2 Å². The maximum Gasteiger partial charge on any atom is 0.307 e. The molecule has 2 aromatic carbocycles. The molecule has 0 spiro atoms. The summed E-state index contributed by atoms with van der Waals surface area (Å²) in [5.41, 5.74) is 7.86. The van der Waals surface area contributed by atoms with E-state index in [1.54, 1.807) is 18.2 Å². The number of hydrogen-bond donors (Lipinski definition) is 1. The first-order valence-electron chi connectivity index (χ1n) is 10.5. The van der Waals surface area contributed by atoms with Gasteiger partial charge in [0.15, 0.2) is 0 Å². The lowest BCUT2D eigenvalue weighted by atomic mass is 9.93. The van der Waals surface area contributed by atoms with Crippen LogP contribution in [0, 0.1) is 10.1 Å². The van der Waals surface area contributed by atoms with Gasteiger partial charge in [-0.25, -0.2) is 0 Å². The predicted octanol–water partition coefficient (Wildman–Crippen LogP) is 4.19. The van der Waals surface area contributed by atoms with Gasteiger partial charge in [-0.3, -0.25) is 14.9 Å². The van der Waals surface area contributed by atoms with Gasteiger partial charge in [-0.15, -0.1) is 0 Å². The third kappa shape index (κ3) is 6.03. The van der Waals surface area contributed by atoms with Crippen LogP contribution in [0.1, 0.15) is 44.1 Å².